The van der Waals surface area contributed by atoms with Crippen molar-refractivity contribution in [1.29, 1.82) is 5.26 Å². The summed E-state index contributed by atoms with van der Waals surface area (Å²) < 4.78 is 5.19. The number of hydrogen-bond donors (Lipinski definition) is 0. The van der Waals surface area contributed by atoms with Crippen LogP contribution >= 0.6 is 22.9 Å². The third-order valence-electron chi connectivity index (χ3n) is 1.21. The van der Waals surface area contributed by atoms with E-state index in [2.05, 4.69) is 4.98 Å². The van der Waals surface area contributed by atoms with Gasteiger partial charge in [0, 0.05) is 0 Å². The van der Waals surface area contributed by atoms with Crippen molar-refractivity contribution >= 4 is 22.9 Å². The highest BCUT2D eigenvalue weighted by Crippen LogP contribution is 2.27. The molecule has 13 heavy (non-hydrogen) atoms. The van der Waals surface area contributed by atoms with Crippen molar-refractivity contribution in [3.8, 4) is 11.3 Å². The van der Waals surface area contributed by atoms with Crippen molar-refractivity contribution in [2.45, 2.75) is 6.92 Å². The Balaban J connectivity index is 2.64. The van der Waals surface area contributed by atoms with Crippen LogP contribution in [0.2, 0.25) is 5.15 Å². The number of allylic oxidation sites excluding steroid dienone is 1. The highest BCUT2D eigenvalue weighted by Gasteiger charge is 2.08. The Morgan fingerprint density at radius 1 is 1.77 bits per heavy atom. The summed E-state index contributed by atoms with van der Waals surface area (Å²) in [5, 5.41) is 9.21. The molecule has 0 aromatic carbocycles. The summed E-state index contributed by atoms with van der Waals surface area (Å²) in [4.78, 5) is 4.24. The molecule has 0 aliphatic carbocycles. The van der Waals surface area contributed by atoms with Crippen molar-refractivity contribution in [2.24, 2.45) is 0 Å². The fraction of sp³-hybridized carbons (Fsp3) is 0.250. The standard InChI is InChI=1S/C8H7ClN2OS/c1-2-3-4-12-8-11-7(9)6(5-10)13-8/h2-3H,4H2,1H3/b3-2+. The number of ether oxygens (including phenoxy) is 1. The zero-order valence-electron chi connectivity index (χ0n) is 6.95. The van der Waals surface area contributed by atoms with E-state index in [4.69, 9.17) is 21.6 Å². The summed E-state index contributed by atoms with van der Waals surface area (Å²) in [6, 6.07) is 1.93. The van der Waals surface area contributed by atoms with E-state index in [1.54, 1.807) is 0 Å². The molecule has 68 valence electrons. The first kappa shape index (κ1) is 10.0. The molecular weight excluding hydrogens is 208 g/mol. The minimum atomic E-state index is 0.211. The van der Waals surface area contributed by atoms with E-state index in [1.165, 1.54) is 0 Å². The normalized spacial score (nSPS) is 10.2. The van der Waals surface area contributed by atoms with Crippen LogP contribution in [0.4, 0.5) is 0 Å². The van der Waals surface area contributed by atoms with Gasteiger partial charge in [-0.15, -0.1) is 0 Å². The molecule has 5 heteroatoms. The molecule has 0 atom stereocenters. The van der Waals surface area contributed by atoms with Crippen LogP contribution in [0.25, 0.3) is 0 Å². The molecule has 0 radical (unpaired) electrons. The lowest BCUT2D eigenvalue weighted by Crippen LogP contribution is -1.91. The van der Waals surface area contributed by atoms with E-state index in [-0.39, 0.29) is 5.15 Å². The van der Waals surface area contributed by atoms with Crippen LogP contribution < -0.4 is 4.74 Å². The predicted molar refractivity (Wildman–Crippen MR) is 52.1 cm³/mol. The van der Waals surface area contributed by atoms with E-state index < -0.39 is 0 Å². The number of hydrogen-bond acceptors (Lipinski definition) is 4. The van der Waals surface area contributed by atoms with E-state index in [0.29, 0.717) is 16.7 Å². The van der Waals surface area contributed by atoms with Crippen LogP contribution in [0, 0.1) is 11.3 Å². The average molecular weight is 215 g/mol. The van der Waals surface area contributed by atoms with Gasteiger partial charge in [0.1, 0.15) is 17.6 Å². The molecule has 1 heterocycles. The molecule has 1 aromatic heterocycles. The van der Waals surface area contributed by atoms with Gasteiger partial charge in [0.25, 0.3) is 5.19 Å². The molecule has 0 saturated heterocycles. The van der Waals surface area contributed by atoms with E-state index in [9.17, 15) is 0 Å². The van der Waals surface area contributed by atoms with Gasteiger partial charge in [0.15, 0.2) is 5.15 Å². The molecule has 0 unspecified atom stereocenters. The number of rotatable bonds is 3. The maximum atomic E-state index is 8.57. The Labute approximate surface area is 85.2 Å². The van der Waals surface area contributed by atoms with E-state index >= 15 is 0 Å². The van der Waals surface area contributed by atoms with Gasteiger partial charge in [-0.25, -0.2) is 0 Å². The molecule has 0 fully saturated rings. The lowest BCUT2D eigenvalue weighted by atomic mass is 10.6. The van der Waals surface area contributed by atoms with Gasteiger partial charge in [0.2, 0.25) is 0 Å². The molecule has 0 aliphatic rings. The van der Waals surface area contributed by atoms with Crippen LogP contribution in [0.3, 0.4) is 0 Å². The monoisotopic (exact) mass is 214 g/mol. The number of aromatic nitrogens is 1. The summed E-state index contributed by atoms with van der Waals surface area (Å²) >= 11 is 6.79. The highest BCUT2D eigenvalue weighted by atomic mass is 35.5. The van der Waals surface area contributed by atoms with E-state index in [0.717, 1.165) is 11.3 Å². The Morgan fingerprint density at radius 2 is 2.54 bits per heavy atom. The average Bonchev–Trinajstić information content (AvgIpc) is 2.47. The number of nitrogens with zero attached hydrogens (tertiary/aromatic N) is 2. The van der Waals surface area contributed by atoms with Crippen molar-refractivity contribution in [1.82, 2.24) is 4.98 Å². The zero-order valence-corrected chi connectivity index (χ0v) is 8.52. The molecule has 0 saturated carbocycles. The van der Waals surface area contributed by atoms with Crippen LogP contribution in [0.5, 0.6) is 5.19 Å². The molecular formula is C8H7ClN2OS. The van der Waals surface area contributed by atoms with Gasteiger partial charge in [-0.2, -0.15) is 10.2 Å². The SMILES string of the molecule is C/C=C/COc1nc(Cl)c(C#N)s1. The summed E-state index contributed by atoms with van der Waals surface area (Å²) in [6.07, 6.45) is 3.72. The van der Waals surface area contributed by atoms with Gasteiger partial charge >= 0.3 is 0 Å². The van der Waals surface area contributed by atoms with Crippen LogP contribution in [0.1, 0.15) is 11.8 Å². The topological polar surface area (TPSA) is 45.9 Å². The van der Waals surface area contributed by atoms with Gasteiger partial charge in [0.05, 0.1) is 0 Å². The minimum absolute atomic E-state index is 0.211. The first-order chi connectivity index (χ1) is 6.27. The molecule has 0 aliphatic heterocycles. The fourth-order valence-electron chi connectivity index (χ4n) is 0.629. The van der Waals surface area contributed by atoms with Crippen LogP contribution in [-0.4, -0.2) is 11.6 Å². The highest BCUT2D eigenvalue weighted by molar-refractivity contribution is 7.14. The van der Waals surface area contributed by atoms with Gasteiger partial charge in [-0.1, -0.05) is 35.1 Å². The second kappa shape index (κ2) is 4.85. The van der Waals surface area contributed by atoms with Crippen molar-refractivity contribution in [2.75, 3.05) is 6.61 Å². The maximum Gasteiger partial charge on any atom is 0.276 e. The van der Waals surface area contributed by atoms with Gasteiger partial charge in [-0.05, 0) is 6.92 Å². The third-order valence-corrected chi connectivity index (χ3v) is 2.46. The lowest BCUT2D eigenvalue weighted by Gasteiger charge is -1.94. The Morgan fingerprint density at radius 3 is 3.08 bits per heavy atom. The smallest absolute Gasteiger partial charge is 0.276 e. The Bertz CT molecular complexity index is 354. The summed E-state index contributed by atoms with van der Waals surface area (Å²) in [5.41, 5.74) is 0. The molecule has 1 aromatic rings. The quantitative estimate of drug-likeness (QED) is 0.727. The third kappa shape index (κ3) is 2.72. The first-order valence-electron chi connectivity index (χ1n) is 3.58. The number of thiazole rings is 1. The van der Waals surface area contributed by atoms with Gasteiger partial charge in [-0.3, -0.25) is 0 Å². The summed E-state index contributed by atoms with van der Waals surface area (Å²) in [6.45, 7) is 2.35. The molecule has 3 nitrogen and oxygen atoms in total. The molecule has 0 amide bonds. The lowest BCUT2D eigenvalue weighted by molar-refractivity contribution is 0.360. The van der Waals surface area contributed by atoms with Crippen LogP contribution in [-0.2, 0) is 0 Å². The second-order valence-corrected chi connectivity index (χ2v) is 3.41. The largest absolute Gasteiger partial charge is 0.466 e. The summed E-state index contributed by atoms with van der Waals surface area (Å²) in [5.74, 6) is 0. The summed E-state index contributed by atoms with van der Waals surface area (Å²) in [7, 11) is 0. The first-order valence-corrected chi connectivity index (χ1v) is 4.77. The molecule has 0 N–H and O–H groups in total. The van der Waals surface area contributed by atoms with Crippen molar-refractivity contribution < 1.29 is 4.74 Å². The zero-order chi connectivity index (χ0) is 9.68. The Kier molecular flexibility index (Phi) is 3.74. The molecule has 0 bridgehead atoms. The van der Waals surface area contributed by atoms with Gasteiger partial charge < -0.3 is 4.74 Å². The number of halogens is 1. The van der Waals surface area contributed by atoms with Crippen molar-refractivity contribution in [3.05, 3.63) is 22.2 Å². The van der Waals surface area contributed by atoms with Crippen molar-refractivity contribution in [3.63, 3.8) is 0 Å². The second-order valence-electron chi connectivity index (χ2n) is 2.09. The minimum Gasteiger partial charge on any atom is -0.466 e. The molecule has 1 rings (SSSR count). The molecule has 0 spiro atoms. The number of nitriles is 1. The Hall–Kier alpha value is -1.05. The maximum absolute atomic E-state index is 8.57. The van der Waals surface area contributed by atoms with E-state index in [1.807, 2.05) is 25.1 Å². The van der Waals surface area contributed by atoms with Crippen LogP contribution in [0.15, 0.2) is 12.2 Å². The predicted octanol–water partition coefficient (Wildman–Crippen LogP) is 2.62. The fourth-order valence-corrected chi connectivity index (χ4v) is 1.53.